The number of carbonyl (C=O) groups excluding carboxylic acids is 2. The summed E-state index contributed by atoms with van der Waals surface area (Å²) in [6, 6.07) is 14.3. The van der Waals surface area contributed by atoms with Crippen LogP contribution in [0.2, 0.25) is 0 Å². The van der Waals surface area contributed by atoms with Crippen LogP contribution in [0.4, 0.5) is 5.69 Å². The average Bonchev–Trinajstić information content (AvgIpc) is 2.55. The molecule has 0 fully saturated rings. The van der Waals surface area contributed by atoms with E-state index in [9.17, 15) is 9.59 Å². The standard InChI is InChI=1S/C17H16BrNO4/c1-22-13-6-4-5-12(9-13)10-17(21)23-11-16(20)19-15-8-3-2-7-14(15)18/h2-9H,10-11H2,1H3,(H,19,20). The van der Waals surface area contributed by atoms with Crippen LogP contribution < -0.4 is 10.1 Å². The number of para-hydroxylation sites is 1. The number of rotatable bonds is 6. The highest BCUT2D eigenvalue weighted by Gasteiger charge is 2.10. The number of ether oxygens (including phenoxy) is 2. The number of hydrogen-bond donors (Lipinski definition) is 1. The van der Waals surface area contributed by atoms with Crippen LogP contribution in [-0.2, 0) is 20.7 Å². The fourth-order valence-electron chi connectivity index (χ4n) is 1.90. The SMILES string of the molecule is COc1cccc(CC(=O)OCC(=O)Nc2ccccc2Br)c1. The third kappa shape index (κ3) is 5.41. The number of hydrogen-bond acceptors (Lipinski definition) is 4. The van der Waals surface area contributed by atoms with E-state index in [2.05, 4.69) is 21.2 Å². The fourth-order valence-corrected chi connectivity index (χ4v) is 2.28. The third-order valence-electron chi connectivity index (χ3n) is 2.99. The highest BCUT2D eigenvalue weighted by Crippen LogP contribution is 2.21. The molecule has 0 aliphatic rings. The van der Waals surface area contributed by atoms with Gasteiger partial charge in [0, 0.05) is 4.47 Å². The molecule has 5 nitrogen and oxygen atoms in total. The molecule has 1 N–H and O–H groups in total. The average molecular weight is 378 g/mol. The molecule has 0 saturated heterocycles. The third-order valence-corrected chi connectivity index (χ3v) is 3.69. The molecule has 0 saturated carbocycles. The molecule has 0 radical (unpaired) electrons. The minimum atomic E-state index is -0.472. The number of anilines is 1. The zero-order chi connectivity index (χ0) is 16.7. The fraction of sp³-hybridized carbons (Fsp3) is 0.176. The molecule has 6 heteroatoms. The summed E-state index contributed by atoms with van der Waals surface area (Å²) in [5, 5.41) is 2.66. The van der Waals surface area contributed by atoms with E-state index in [4.69, 9.17) is 9.47 Å². The van der Waals surface area contributed by atoms with Crippen LogP contribution >= 0.6 is 15.9 Å². The topological polar surface area (TPSA) is 64.6 Å². The predicted molar refractivity (Wildman–Crippen MR) is 90.4 cm³/mol. The van der Waals surface area contributed by atoms with Gasteiger partial charge in [-0.15, -0.1) is 0 Å². The van der Waals surface area contributed by atoms with Crippen molar-refractivity contribution in [3.8, 4) is 5.75 Å². The molecule has 0 atom stereocenters. The Kier molecular flexibility index (Phi) is 6.17. The second-order valence-corrected chi connectivity index (χ2v) is 5.57. The van der Waals surface area contributed by atoms with Gasteiger partial charge in [-0.25, -0.2) is 0 Å². The summed E-state index contributed by atoms with van der Waals surface area (Å²) in [4.78, 5) is 23.6. The van der Waals surface area contributed by atoms with Crippen LogP contribution in [0.25, 0.3) is 0 Å². The molecule has 0 unspecified atom stereocenters. The Hall–Kier alpha value is -2.34. The molecule has 0 aliphatic carbocycles. The molecule has 0 heterocycles. The largest absolute Gasteiger partial charge is 0.497 e. The number of esters is 1. The Labute approximate surface area is 142 Å². The first-order chi connectivity index (χ1) is 11.1. The van der Waals surface area contributed by atoms with Crippen molar-refractivity contribution in [1.29, 1.82) is 0 Å². The number of carbonyl (C=O) groups is 2. The van der Waals surface area contributed by atoms with E-state index >= 15 is 0 Å². The Bertz CT molecular complexity index is 702. The smallest absolute Gasteiger partial charge is 0.310 e. The van der Waals surface area contributed by atoms with Crippen molar-refractivity contribution in [2.75, 3.05) is 19.0 Å². The maximum Gasteiger partial charge on any atom is 0.310 e. The van der Waals surface area contributed by atoms with E-state index in [1.807, 2.05) is 12.1 Å². The van der Waals surface area contributed by atoms with Gasteiger partial charge in [0.1, 0.15) is 5.75 Å². The van der Waals surface area contributed by atoms with E-state index in [0.717, 1.165) is 10.0 Å². The molecule has 2 aromatic carbocycles. The first-order valence-electron chi connectivity index (χ1n) is 6.91. The molecule has 0 spiro atoms. The highest BCUT2D eigenvalue weighted by atomic mass is 79.9. The van der Waals surface area contributed by atoms with Crippen molar-refractivity contribution < 1.29 is 19.1 Å². The minimum Gasteiger partial charge on any atom is -0.497 e. The lowest BCUT2D eigenvalue weighted by Crippen LogP contribution is -2.21. The summed E-state index contributed by atoms with van der Waals surface area (Å²) in [5.41, 5.74) is 1.39. The van der Waals surface area contributed by atoms with Gasteiger partial charge in [0.25, 0.3) is 5.91 Å². The summed E-state index contributed by atoms with van der Waals surface area (Å²) in [7, 11) is 1.56. The molecule has 23 heavy (non-hydrogen) atoms. The molecule has 120 valence electrons. The normalized spacial score (nSPS) is 10.0. The van der Waals surface area contributed by atoms with Gasteiger partial charge in [-0.05, 0) is 45.8 Å². The van der Waals surface area contributed by atoms with Crippen LogP contribution in [0.5, 0.6) is 5.75 Å². The van der Waals surface area contributed by atoms with Crippen LogP contribution in [0.15, 0.2) is 53.0 Å². The van der Waals surface area contributed by atoms with E-state index in [1.165, 1.54) is 0 Å². The first kappa shape index (κ1) is 17.0. The molecule has 0 aromatic heterocycles. The van der Waals surface area contributed by atoms with Gasteiger partial charge >= 0.3 is 5.97 Å². The summed E-state index contributed by atoms with van der Waals surface area (Å²) in [5.74, 6) is -0.196. The van der Waals surface area contributed by atoms with E-state index in [-0.39, 0.29) is 13.0 Å². The summed E-state index contributed by atoms with van der Waals surface area (Å²) in [6.07, 6.45) is 0.0828. The van der Waals surface area contributed by atoms with Crippen LogP contribution in [-0.4, -0.2) is 25.6 Å². The lowest BCUT2D eigenvalue weighted by Gasteiger charge is -2.08. The highest BCUT2D eigenvalue weighted by molar-refractivity contribution is 9.10. The zero-order valence-electron chi connectivity index (χ0n) is 12.5. The molecular formula is C17H16BrNO4. The van der Waals surface area contributed by atoms with Crippen molar-refractivity contribution in [2.24, 2.45) is 0 Å². The summed E-state index contributed by atoms with van der Waals surface area (Å²) >= 11 is 3.33. The quantitative estimate of drug-likeness (QED) is 0.785. The summed E-state index contributed by atoms with van der Waals surface area (Å²) < 4.78 is 10.8. The van der Waals surface area contributed by atoms with Crippen molar-refractivity contribution in [2.45, 2.75) is 6.42 Å². The van der Waals surface area contributed by atoms with Crippen molar-refractivity contribution >= 4 is 33.5 Å². The van der Waals surface area contributed by atoms with E-state index in [1.54, 1.807) is 43.5 Å². The van der Waals surface area contributed by atoms with Gasteiger partial charge in [-0.2, -0.15) is 0 Å². The maximum atomic E-state index is 11.8. The number of nitrogens with one attached hydrogen (secondary N) is 1. The van der Waals surface area contributed by atoms with E-state index in [0.29, 0.717) is 11.4 Å². The first-order valence-corrected chi connectivity index (χ1v) is 7.70. The second kappa shape index (κ2) is 8.33. The van der Waals surface area contributed by atoms with E-state index < -0.39 is 11.9 Å². The monoisotopic (exact) mass is 377 g/mol. The van der Waals surface area contributed by atoms with Crippen molar-refractivity contribution in [3.63, 3.8) is 0 Å². The van der Waals surface area contributed by atoms with Gasteiger partial charge in [-0.3, -0.25) is 9.59 Å². The molecule has 0 bridgehead atoms. The predicted octanol–water partition coefficient (Wildman–Crippen LogP) is 3.18. The van der Waals surface area contributed by atoms with Gasteiger partial charge in [-0.1, -0.05) is 24.3 Å². The van der Waals surface area contributed by atoms with Crippen molar-refractivity contribution in [3.05, 3.63) is 58.6 Å². The zero-order valence-corrected chi connectivity index (χ0v) is 14.1. The molecule has 1 amide bonds. The number of amides is 1. The molecule has 2 rings (SSSR count). The lowest BCUT2D eigenvalue weighted by molar-refractivity contribution is -0.146. The Balaban J connectivity index is 1.82. The number of methoxy groups -OCH3 is 1. The maximum absolute atomic E-state index is 11.8. The van der Waals surface area contributed by atoms with Gasteiger partial charge in [0.2, 0.25) is 0 Å². The van der Waals surface area contributed by atoms with Crippen molar-refractivity contribution in [1.82, 2.24) is 0 Å². The number of halogens is 1. The Morgan fingerprint density at radius 3 is 2.65 bits per heavy atom. The van der Waals surface area contributed by atoms with Gasteiger partial charge in [0.05, 0.1) is 19.2 Å². The second-order valence-electron chi connectivity index (χ2n) is 4.72. The van der Waals surface area contributed by atoms with Gasteiger partial charge < -0.3 is 14.8 Å². The van der Waals surface area contributed by atoms with Gasteiger partial charge in [0.15, 0.2) is 6.61 Å². The van der Waals surface area contributed by atoms with Crippen LogP contribution in [0.1, 0.15) is 5.56 Å². The minimum absolute atomic E-state index is 0.0828. The lowest BCUT2D eigenvalue weighted by atomic mass is 10.1. The Morgan fingerprint density at radius 2 is 1.91 bits per heavy atom. The van der Waals surface area contributed by atoms with Crippen LogP contribution in [0, 0.1) is 0 Å². The summed E-state index contributed by atoms with van der Waals surface area (Å²) in [6.45, 7) is -0.329. The number of benzene rings is 2. The van der Waals surface area contributed by atoms with Crippen LogP contribution in [0.3, 0.4) is 0 Å². The molecule has 2 aromatic rings. The Morgan fingerprint density at radius 1 is 1.13 bits per heavy atom. The molecular weight excluding hydrogens is 362 g/mol. The molecule has 0 aliphatic heterocycles.